The number of aliphatic carboxylic acids is 1. The number of carboxylic acids is 1. The van der Waals surface area contributed by atoms with E-state index in [0.717, 1.165) is 96.3 Å². The van der Waals surface area contributed by atoms with Crippen molar-refractivity contribution in [1.29, 1.82) is 0 Å². The molecule has 0 aromatic rings. The average Bonchev–Trinajstić information content (AvgIpc) is 3.22. The van der Waals surface area contributed by atoms with Gasteiger partial charge in [-0.25, -0.2) is 0 Å². The Hall–Kier alpha value is -4.01. The van der Waals surface area contributed by atoms with E-state index in [2.05, 4.69) is 123 Å². The largest absolute Gasteiger partial charge is 0.544 e. The molecule has 0 radical (unpaired) electrons. The summed E-state index contributed by atoms with van der Waals surface area (Å²) >= 11 is 0. The predicted octanol–water partition coefficient (Wildman–Crippen LogP) is 11.9. The highest BCUT2D eigenvalue weighted by molar-refractivity contribution is 5.70. The Balaban J connectivity index is 4.43. The van der Waals surface area contributed by atoms with Crippen LogP contribution in [0.1, 0.15) is 155 Å². The first-order valence-electron chi connectivity index (χ1n) is 23.4. The second-order valence-corrected chi connectivity index (χ2v) is 16.2. The van der Waals surface area contributed by atoms with Crippen molar-refractivity contribution >= 4 is 17.9 Å². The van der Waals surface area contributed by atoms with Gasteiger partial charge in [-0.3, -0.25) is 9.59 Å². The minimum atomic E-state index is -1.14. The van der Waals surface area contributed by atoms with Crippen molar-refractivity contribution in [2.45, 2.75) is 167 Å². The van der Waals surface area contributed by atoms with Crippen LogP contribution in [-0.4, -0.2) is 75.5 Å². The van der Waals surface area contributed by atoms with E-state index in [-0.39, 0.29) is 49.1 Å². The van der Waals surface area contributed by atoms with E-state index in [9.17, 15) is 19.5 Å². The maximum Gasteiger partial charge on any atom is 0.306 e. The number of hydrogen-bond donors (Lipinski definition) is 0. The molecule has 0 spiro atoms. The van der Waals surface area contributed by atoms with Gasteiger partial charge < -0.3 is 28.6 Å². The van der Waals surface area contributed by atoms with Gasteiger partial charge >= 0.3 is 11.9 Å². The number of hydrogen-bond acceptors (Lipinski definition) is 7. The number of rotatable bonds is 40. The lowest BCUT2D eigenvalue weighted by Gasteiger charge is -2.34. The number of likely N-dealkylation sites (N-methyl/N-ethyl adjacent to an activating group) is 1. The van der Waals surface area contributed by atoms with Crippen LogP contribution in [0, 0.1) is 0 Å². The van der Waals surface area contributed by atoms with Gasteiger partial charge in [0.2, 0.25) is 0 Å². The van der Waals surface area contributed by atoms with Crippen molar-refractivity contribution in [3.63, 3.8) is 0 Å². The number of nitrogens with zero attached hydrogens (tertiary/aromatic N) is 1. The molecule has 344 valence electrons. The van der Waals surface area contributed by atoms with Crippen molar-refractivity contribution in [2.75, 3.05) is 41.0 Å². The van der Waals surface area contributed by atoms with Gasteiger partial charge in [0.15, 0.2) is 6.10 Å². The molecule has 8 heteroatoms. The molecule has 0 fully saturated rings. The number of carboxylic acid groups (broad SMARTS) is 1. The van der Waals surface area contributed by atoms with Gasteiger partial charge in [-0.2, -0.15) is 0 Å². The molecule has 0 aromatic heterocycles. The Kier molecular flexibility index (Phi) is 39.9. The monoisotopic (exact) mass is 848 g/mol. The van der Waals surface area contributed by atoms with Gasteiger partial charge in [-0.15, -0.1) is 0 Å². The van der Waals surface area contributed by atoms with E-state index in [1.54, 1.807) is 21.1 Å². The first kappa shape index (κ1) is 57.0. The quantitative estimate of drug-likeness (QED) is 0.0262. The van der Waals surface area contributed by atoms with Crippen LogP contribution in [0.2, 0.25) is 0 Å². The topological polar surface area (TPSA) is 102 Å². The fourth-order valence-corrected chi connectivity index (χ4v) is 6.10. The molecule has 0 aromatic carbocycles. The molecule has 0 heterocycles. The molecule has 0 aliphatic heterocycles. The van der Waals surface area contributed by atoms with Gasteiger partial charge in [0, 0.05) is 19.3 Å². The number of quaternary nitrogens is 1. The summed E-state index contributed by atoms with van der Waals surface area (Å²) in [6, 6.07) is -0.745. The second kappa shape index (κ2) is 42.7. The SMILES string of the molecule is CC/C=C/C/C=C/C/C=C/C/C=C/C/C=C/CCCC(=O)OC(COCCC(C(=O)[O-])[N+](C)(C)C)COC(=O)CCCCCCCCC/C=C/C/C=C/C/C=C/C/C=C/CC. The van der Waals surface area contributed by atoms with Crippen LogP contribution in [-0.2, 0) is 28.6 Å². The molecule has 0 saturated heterocycles. The van der Waals surface area contributed by atoms with Crippen LogP contribution >= 0.6 is 0 Å². The summed E-state index contributed by atoms with van der Waals surface area (Å²) in [5.74, 6) is -1.84. The third kappa shape index (κ3) is 41.1. The van der Waals surface area contributed by atoms with Crippen LogP contribution in [0.4, 0.5) is 0 Å². The maximum absolute atomic E-state index is 12.7. The zero-order chi connectivity index (χ0) is 44.9. The molecular weight excluding hydrogens is 763 g/mol. The molecule has 0 aliphatic carbocycles. The summed E-state index contributed by atoms with van der Waals surface area (Å²) in [5.41, 5.74) is 0. The summed E-state index contributed by atoms with van der Waals surface area (Å²) in [6.07, 6.45) is 58.4. The van der Waals surface area contributed by atoms with Gasteiger partial charge in [-0.1, -0.05) is 155 Å². The van der Waals surface area contributed by atoms with Crippen LogP contribution in [0.3, 0.4) is 0 Å². The van der Waals surface area contributed by atoms with E-state index in [0.29, 0.717) is 12.8 Å². The number of esters is 2. The van der Waals surface area contributed by atoms with E-state index in [4.69, 9.17) is 14.2 Å². The highest BCUT2D eigenvalue weighted by Gasteiger charge is 2.25. The fraction of sp³-hybridized carbons (Fsp3) is 0.604. The normalized spacial score (nSPS) is 13.9. The third-order valence-electron chi connectivity index (χ3n) is 9.65. The van der Waals surface area contributed by atoms with Crippen molar-refractivity contribution < 1.29 is 38.2 Å². The number of allylic oxidation sites excluding steroid dienone is 18. The number of ether oxygens (including phenoxy) is 3. The summed E-state index contributed by atoms with van der Waals surface area (Å²) in [4.78, 5) is 36.9. The first-order valence-corrected chi connectivity index (χ1v) is 23.4. The van der Waals surface area contributed by atoms with Gasteiger partial charge in [-0.05, 0) is 89.9 Å². The van der Waals surface area contributed by atoms with Gasteiger partial charge in [0.1, 0.15) is 12.6 Å². The fourth-order valence-electron chi connectivity index (χ4n) is 6.10. The van der Waals surface area contributed by atoms with Gasteiger partial charge in [0.25, 0.3) is 0 Å². The summed E-state index contributed by atoms with van der Waals surface area (Å²) in [5, 5.41) is 11.6. The molecule has 0 bridgehead atoms. The molecule has 0 amide bonds. The van der Waals surface area contributed by atoms with E-state index >= 15 is 0 Å². The highest BCUT2D eigenvalue weighted by atomic mass is 16.6. The Labute approximate surface area is 372 Å². The number of unbranched alkanes of at least 4 members (excludes halogenated alkanes) is 8. The standard InChI is InChI=1S/C53H85NO7/c1-6-8-10-12-14-16-18-20-22-24-25-26-28-29-31-33-35-37-39-41-43-51(55)60-48-49(47-59-46-45-50(53(57)58)54(3,4)5)61-52(56)44-42-40-38-36-34-32-30-27-23-21-19-17-15-13-11-9-7-2/h8-11,14-17,20-23,25-26,30,32,36,38,49-50H,6-7,12-13,18-19,24,27-29,31,33-35,37,39-48H2,1-5H3/b10-8+,11-9+,16-14+,17-15+,22-20+,23-21+,26-25+,32-30+,38-36+. The van der Waals surface area contributed by atoms with Crippen LogP contribution in [0.15, 0.2) is 109 Å². The molecule has 0 N–H and O–H groups in total. The lowest BCUT2D eigenvalue weighted by Crippen LogP contribution is -2.55. The molecule has 2 atom stereocenters. The van der Waals surface area contributed by atoms with Crippen LogP contribution < -0.4 is 5.11 Å². The minimum Gasteiger partial charge on any atom is -0.544 e. The van der Waals surface area contributed by atoms with Crippen LogP contribution in [0.25, 0.3) is 0 Å². The van der Waals surface area contributed by atoms with Gasteiger partial charge in [0.05, 0.1) is 40.3 Å². The summed E-state index contributed by atoms with van der Waals surface area (Å²) in [7, 11) is 5.37. The molecular formula is C53H85NO7. The van der Waals surface area contributed by atoms with Crippen molar-refractivity contribution in [3.05, 3.63) is 109 Å². The Morgan fingerprint density at radius 3 is 1.33 bits per heavy atom. The van der Waals surface area contributed by atoms with E-state index in [1.165, 1.54) is 19.3 Å². The number of carbonyl (C=O) groups is 3. The second-order valence-electron chi connectivity index (χ2n) is 16.2. The smallest absolute Gasteiger partial charge is 0.306 e. The maximum atomic E-state index is 12.7. The zero-order valence-corrected chi connectivity index (χ0v) is 39.0. The Bertz CT molecular complexity index is 1360. The summed E-state index contributed by atoms with van der Waals surface area (Å²) < 4.78 is 17.1. The zero-order valence-electron chi connectivity index (χ0n) is 39.0. The van der Waals surface area contributed by atoms with E-state index < -0.39 is 18.1 Å². The number of carbonyl (C=O) groups excluding carboxylic acids is 3. The molecule has 0 aliphatic rings. The minimum absolute atomic E-state index is 0.00693. The lowest BCUT2D eigenvalue weighted by molar-refractivity contribution is -0.889. The predicted molar refractivity (Wildman–Crippen MR) is 254 cm³/mol. The van der Waals surface area contributed by atoms with Crippen molar-refractivity contribution in [2.24, 2.45) is 0 Å². The highest BCUT2D eigenvalue weighted by Crippen LogP contribution is 2.12. The molecule has 2 unspecified atom stereocenters. The lowest BCUT2D eigenvalue weighted by atomic mass is 10.1. The average molecular weight is 848 g/mol. The third-order valence-corrected chi connectivity index (χ3v) is 9.65. The molecule has 0 saturated carbocycles. The summed E-state index contributed by atoms with van der Waals surface area (Å²) in [6.45, 7) is 4.34. The van der Waals surface area contributed by atoms with Crippen molar-refractivity contribution in [3.8, 4) is 0 Å². The van der Waals surface area contributed by atoms with Crippen LogP contribution in [0.5, 0.6) is 0 Å². The Morgan fingerprint density at radius 1 is 0.492 bits per heavy atom. The molecule has 0 rings (SSSR count). The molecule has 61 heavy (non-hydrogen) atoms. The molecule has 8 nitrogen and oxygen atoms in total. The van der Waals surface area contributed by atoms with E-state index in [1.807, 2.05) is 0 Å². The van der Waals surface area contributed by atoms with Crippen molar-refractivity contribution in [1.82, 2.24) is 0 Å². The first-order chi connectivity index (χ1) is 29.6. The Morgan fingerprint density at radius 2 is 0.885 bits per heavy atom.